The van der Waals surface area contributed by atoms with E-state index in [0.29, 0.717) is 6.04 Å². The zero-order valence-corrected chi connectivity index (χ0v) is 14.6. The molecule has 7 nitrogen and oxygen atoms in total. The molecular weight excluding hydrogens is 318 g/mol. The first-order chi connectivity index (χ1) is 12.2. The largest absolute Gasteiger partial charge is 0.394 e. The number of aliphatic hydroxyl groups is 1. The minimum atomic E-state index is 0.0461. The van der Waals surface area contributed by atoms with Gasteiger partial charge in [-0.1, -0.05) is 0 Å². The molecule has 136 valence electrons. The number of hydrogen-bond acceptors (Lipinski definition) is 6. The summed E-state index contributed by atoms with van der Waals surface area (Å²) in [6.07, 6.45) is 7.89. The summed E-state index contributed by atoms with van der Waals surface area (Å²) in [6.45, 7) is 2.73. The highest BCUT2D eigenvalue weighted by Crippen LogP contribution is 2.28. The molecule has 0 aromatic carbocycles. The van der Waals surface area contributed by atoms with Crippen molar-refractivity contribution >= 4 is 17.5 Å². The summed E-state index contributed by atoms with van der Waals surface area (Å²) in [5.41, 5.74) is 0. The highest BCUT2D eigenvalue weighted by molar-refractivity contribution is 5.80. The van der Waals surface area contributed by atoms with Crippen LogP contribution in [0.15, 0.2) is 12.4 Å². The number of piperidine rings is 1. The van der Waals surface area contributed by atoms with Crippen molar-refractivity contribution in [3.05, 3.63) is 12.4 Å². The molecule has 1 aromatic heterocycles. The van der Waals surface area contributed by atoms with Crippen molar-refractivity contribution in [2.75, 3.05) is 36.0 Å². The summed E-state index contributed by atoms with van der Waals surface area (Å²) in [5.74, 6) is 2.01. The summed E-state index contributed by atoms with van der Waals surface area (Å²) < 4.78 is 0. The number of nitrogens with one attached hydrogen (secondary N) is 1. The number of nitrogens with zero attached hydrogens (tertiary/aromatic N) is 4. The van der Waals surface area contributed by atoms with Gasteiger partial charge < -0.3 is 20.2 Å². The Hall–Kier alpha value is -1.89. The molecule has 1 saturated carbocycles. The maximum absolute atomic E-state index is 12.4. The van der Waals surface area contributed by atoms with Gasteiger partial charge in [0, 0.05) is 31.7 Å². The number of aliphatic hydroxyl groups excluding tert-OH is 1. The van der Waals surface area contributed by atoms with Crippen molar-refractivity contribution in [3.63, 3.8) is 0 Å². The van der Waals surface area contributed by atoms with Crippen LogP contribution >= 0.6 is 0 Å². The first-order valence-corrected chi connectivity index (χ1v) is 9.49. The Labute approximate surface area is 148 Å². The third-order valence-electron chi connectivity index (χ3n) is 5.56. The Balaban J connectivity index is 1.45. The maximum atomic E-state index is 12.4. The predicted molar refractivity (Wildman–Crippen MR) is 95.6 cm³/mol. The van der Waals surface area contributed by atoms with E-state index in [1.54, 1.807) is 6.33 Å². The lowest BCUT2D eigenvalue weighted by Gasteiger charge is -2.33. The van der Waals surface area contributed by atoms with Crippen LogP contribution in [-0.4, -0.2) is 59.3 Å². The Morgan fingerprint density at radius 1 is 1.16 bits per heavy atom. The third-order valence-corrected chi connectivity index (χ3v) is 5.56. The van der Waals surface area contributed by atoms with E-state index in [1.807, 2.05) is 6.07 Å². The zero-order chi connectivity index (χ0) is 17.2. The lowest BCUT2D eigenvalue weighted by molar-refractivity contribution is -0.125. The number of rotatable bonds is 5. The van der Waals surface area contributed by atoms with Gasteiger partial charge in [0.25, 0.3) is 0 Å². The van der Waals surface area contributed by atoms with Gasteiger partial charge in [-0.3, -0.25) is 4.79 Å². The molecule has 1 amide bonds. The average Bonchev–Trinajstić information content (AvgIpc) is 3.34. The van der Waals surface area contributed by atoms with E-state index in [2.05, 4.69) is 25.1 Å². The van der Waals surface area contributed by atoms with Gasteiger partial charge in [-0.15, -0.1) is 0 Å². The molecule has 2 unspecified atom stereocenters. The Bertz CT molecular complexity index is 621. The lowest BCUT2D eigenvalue weighted by Crippen LogP contribution is -2.44. The van der Waals surface area contributed by atoms with E-state index in [4.69, 9.17) is 0 Å². The molecule has 1 aliphatic carbocycles. The van der Waals surface area contributed by atoms with Gasteiger partial charge in [0.05, 0.1) is 18.6 Å². The second-order valence-corrected chi connectivity index (χ2v) is 7.47. The summed E-state index contributed by atoms with van der Waals surface area (Å²) >= 11 is 0. The number of carbonyl (C=O) groups excluding carboxylic acids is 1. The van der Waals surface area contributed by atoms with Crippen LogP contribution in [0.3, 0.4) is 0 Å². The Morgan fingerprint density at radius 3 is 2.76 bits per heavy atom. The average molecular weight is 345 g/mol. The Kier molecular flexibility index (Phi) is 4.74. The van der Waals surface area contributed by atoms with Crippen LogP contribution in [0.5, 0.6) is 0 Å². The third kappa shape index (κ3) is 3.71. The highest BCUT2D eigenvalue weighted by Gasteiger charge is 2.31. The van der Waals surface area contributed by atoms with Gasteiger partial charge in [0.15, 0.2) is 0 Å². The maximum Gasteiger partial charge on any atom is 0.225 e. The number of carbonyl (C=O) groups is 1. The van der Waals surface area contributed by atoms with Crippen molar-refractivity contribution in [2.45, 2.75) is 50.6 Å². The molecule has 2 saturated heterocycles. The van der Waals surface area contributed by atoms with Gasteiger partial charge in [0.2, 0.25) is 5.91 Å². The van der Waals surface area contributed by atoms with E-state index < -0.39 is 0 Å². The Morgan fingerprint density at radius 2 is 1.96 bits per heavy atom. The molecule has 7 heteroatoms. The smallest absolute Gasteiger partial charge is 0.225 e. The molecule has 4 rings (SSSR count). The minimum absolute atomic E-state index is 0.0461. The van der Waals surface area contributed by atoms with Crippen molar-refractivity contribution < 1.29 is 9.90 Å². The fraction of sp³-hybridized carbons (Fsp3) is 0.722. The van der Waals surface area contributed by atoms with E-state index in [9.17, 15) is 9.90 Å². The molecule has 0 radical (unpaired) electrons. The van der Waals surface area contributed by atoms with Crippen LogP contribution in [0.4, 0.5) is 11.6 Å². The molecule has 3 heterocycles. The van der Waals surface area contributed by atoms with E-state index >= 15 is 0 Å². The monoisotopic (exact) mass is 345 g/mol. The van der Waals surface area contributed by atoms with Gasteiger partial charge in [0.1, 0.15) is 18.0 Å². The van der Waals surface area contributed by atoms with Crippen molar-refractivity contribution in [1.82, 2.24) is 15.3 Å². The lowest BCUT2D eigenvalue weighted by atomic mass is 9.97. The van der Waals surface area contributed by atoms with E-state index in [0.717, 1.165) is 69.8 Å². The quantitative estimate of drug-likeness (QED) is 0.826. The SMILES string of the molecule is O=C(NC1CC1)C1CCCN(c2cc(N3CCCC3CO)ncn2)C1. The number of hydrogen-bond donors (Lipinski definition) is 2. The standard InChI is InChI=1S/C18H27N5O2/c24-11-15-4-2-8-23(15)17-9-16(19-12-20-17)22-7-1-3-13(10-22)18(25)21-14-5-6-14/h9,12-15,24H,1-8,10-11H2,(H,21,25). The van der Waals surface area contributed by atoms with E-state index in [-0.39, 0.29) is 24.5 Å². The second kappa shape index (κ2) is 7.15. The number of aromatic nitrogens is 2. The van der Waals surface area contributed by atoms with Crippen molar-refractivity contribution in [2.24, 2.45) is 5.92 Å². The molecular formula is C18H27N5O2. The van der Waals surface area contributed by atoms with Gasteiger partial charge >= 0.3 is 0 Å². The first kappa shape index (κ1) is 16.6. The highest BCUT2D eigenvalue weighted by atomic mass is 16.3. The van der Waals surface area contributed by atoms with Crippen LogP contribution in [0, 0.1) is 5.92 Å². The summed E-state index contributed by atoms with van der Waals surface area (Å²) in [4.78, 5) is 25.6. The van der Waals surface area contributed by atoms with Crippen LogP contribution in [-0.2, 0) is 4.79 Å². The van der Waals surface area contributed by atoms with Crippen LogP contribution in [0.1, 0.15) is 38.5 Å². The molecule has 0 bridgehead atoms. The molecule has 2 N–H and O–H groups in total. The van der Waals surface area contributed by atoms with Crippen molar-refractivity contribution in [1.29, 1.82) is 0 Å². The molecule has 3 aliphatic rings. The normalized spacial score (nSPS) is 26.8. The predicted octanol–water partition coefficient (Wildman–Crippen LogP) is 0.933. The van der Waals surface area contributed by atoms with Crippen LogP contribution in [0.2, 0.25) is 0 Å². The van der Waals surface area contributed by atoms with Gasteiger partial charge in [-0.25, -0.2) is 9.97 Å². The number of anilines is 2. The summed E-state index contributed by atoms with van der Waals surface area (Å²) in [6, 6.07) is 2.58. The molecule has 25 heavy (non-hydrogen) atoms. The van der Waals surface area contributed by atoms with Crippen LogP contribution < -0.4 is 15.1 Å². The molecule has 3 fully saturated rings. The van der Waals surface area contributed by atoms with Gasteiger partial charge in [-0.2, -0.15) is 0 Å². The number of amides is 1. The summed E-state index contributed by atoms with van der Waals surface area (Å²) in [7, 11) is 0. The molecule has 2 aliphatic heterocycles. The fourth-order valence-electron chi connectivity index (χ4n) is 3.94. The fourth-order valence-corrected chi connectivity index (χ4v) is 3.94. The minimum Gasteiger partial charge on any atom is -0.394 e. The van der Waals surface area contributed by atoms with Crippen molar-refractivity contribution in [3.8, 4) is 0 Å². The summed E-state index contributed by atoms with van der Waals surface area (Å²) in [5, 5.41) is 12.7. The molecule has 2 atom stereocenters. The van der Waals surface area contributed by atoms with Gasteiger partial charge in [-0.05, 0) is 38.5 Å². The topological polar surface area (TPSA) is 81.6 Å². The molecule has 1 aromatic rings. The second-order valence-electron chi connectivity index (χ2n) is 7.47. The van der Waals surface area contributed by atoms with Crippen LogP contribution in [0.25, 0.3) is 0 Å². The molecule has 0 spiro atoms. The first-order valence-electron chi connectivity index (χ1n) is 9.49. The zero-order valence-electron chi connectivity index (χ0n) is 14.6. The van der Waals surface area contributed by atoms with E-state index in [1.165, 1.54) is 0 Å².